The summed E-state index contributed by atoms with van der Waals surface area (Å²) in [4.78, 5) is 1.27. The van der Waals surface area contributed by atoms with Crippen molar-refractivity contribution >= 4 is 11.8 Å². The molecule has 0 spiro atoms. The number of fused-ring (bicyclic) bond motifs is 1. The standard InChI is InChI=1S/C14H18OS/c1-16-11-8-6-10(7-9-11)14(15)12-4-2-3-5-13(12)14/h6-9,12-13,15H,2-5H2,1H3. The Morgan fingerprint density at radius 2 is 1.69 bits per heavy atom. The zero-order valence-electron chi connectivity index (χ0n) is 9.65. The van der Waals surface area contributed by atoms with Gasteiger partial charge in [0, 0.05) is 4.90 Å². The van der Waals surface area contributed by atoms with Gasteiger partial charge in [-0.15, -0.1) is 11.8 Å². The molecule has 0 aromatic heterocycles. The first-order valence-electron chi connectivity index (χ1n) is 6.13. The van der Waals surface area contributed by atoms with Gasteiger partial charge in [-0.1, -0.05) is 25.0 Å². The van der Waals surface area contributed by atoms with Crippen molar-refractivity contribution in [3.05, 3.63) is 29.8 Å². The Kier molecular flexibility index (Phi) is 2.52. The van der Waals surface area contributed by atoms with Gasteiger partial charge in [-0.25, -0.2) is 0 Å². The van der Waals surface area contributed by atoms with Crippen LogP contribution in [0.25, 0.3) is 0 Å². The van der Waals surface area contributed by atoms with E-state index in [-0.39, 0.29) is 0 Å². The van der Waals surface area contributed by atoms with Gasteiger partial charge in [0.2, 0.25) is 0 Å². The topological polar surface area (TPSA) is 20.2 Å². The van der Waals surface area contributed by atoms with Crippen molar-refractivity contribution in [1.29, 1.82) is 0 Å². The van der Waals surface area contributed by atoms with E-state index in [4.69, 9.17) is 0 Å². The first-order valence-corrected chi connectivity index (χ1v) is 7.36. The Balaban J connectivity index is 1.86. The number of thioether (sulfide) groups is 1. The van der Waals surface area contributed by atoms with Crippen molar-refractivity contribution in [1.82, 2.24) is 0 Å². The van der Waals surface area contributed by atoms with Gasteiger partial charge in [-0.3, -0.25) is 0 Å². The SMILES string of the molecule is CSc1ccc(C2(O)C3CCCCC32)cc1. The van der Waals surface area contributed by atoms with Crippen LogP contribution in [0.2, 0.25) is 0 Å². The van der Waals surface area contributed by atoms with Crippen LogP contribution in [0.1, 0.15) is 31.2 Å². The van der Waals surface area contributed by atoms with E-state index in [1.165, 1.54) is 30.6 Å². The monoisotopic (exact) mass is 234 g/mol. The van der Waals surface area contributed by atoms with E-state index < -0.39 is 5.60 Å². The molecule has 2 heteroatoms. The highest BCUT2D eigenvalue weighted by Gasteiger charge is 2.64. The summed E-state index contributed by atoms with van der Waals surface area (Å²) in [6.45, 7) is 0. The molecule has 2 aliphatic rings. The molecule has 2 atom stereocenters. The Morgan fingerprint density at radius 1 is 1.12 bits per heavy atom. The van der Waals surface area contributed by atoms with E-state index in [1.807, 2.05) is 0 Å². The maximum absolute atomic E-state index is 10.7. The number of rotatable bonds is 2. The highest BCUT2D eigenvalue weighted by atomic mass is 32.2. The number of hydrogen-bond donors (Lipinski definition) is 1. The molecule has 1 aromatic rings. The molecule has 2 unspecified atom stereocenters. The molecule has 0 radical (unpaired) electrons. The second-order valence-electron chi connectivity index (χ2n) is 5.05. The second kappa shape index (κ2) is 3.78. The van der Waals surface area contributed by atoms with Gasteiger partial charge in [0.15, 0.2) is 0 Å². The zero-order chi connectivity index (χ0) is 11.2. The van der Waals surface area contributed by atoms with E-state index in [1.54, 1.807) is 11.8 Å². The lowest BCUT2D eigenvalue weighted by molar-refractivity contribution is 0.118. The lowest BCUT2D eigenvalue weighted by Crippen LogP contribution is -2.09. The Bertz CT molecular complexity index is 372. The Morgan fingerprint density at radius 3 is 2.19 bits per heavy atom. The summed E-state index contributed by atoms with van der Waals surface area (Å²) in [6, 6.07) is 8.49. The minimum Gasteiger partial charge on any atom is -0.385 e. The van der Waals surface area contributed by atoms with Crippen LogP contribution < -0.4 is 0 Å². The minimum atomic E-state index is -0.479. The van der Waals surface area contributed by atoms with Crippen LogP contribution in [0, 0.1) is 11.8 Å². The van der Waals surface area contributed by atoms with Crippen molar-refractivity contribution in [3.63, 3.8) is 0 Å². The van der Waals surface area contributed by atoms with Crippen LogP contribution in [-0.4, -0.2) is 11.4 Å². The largest absolute Gasteiger partial charge is 0.385 e. The normalized spacial score (nSPS) is 36.9. The van der Waals surface area contributed by atoms with Crippen molar-refractivity contribution in [2.75, 3.05) is 6.26 Å². The fourth-order valence-corrected chi connectivity index (χ4v) is 3.79. The molecule has 0 aliphatic heterocycles. The first-order chi connectivity index (χ1) is 7.76. The fraction of sp³-hybridized carbons (Fsp3) is 0.571. The molecule has 0 saturated heterocycles. The molecule has 1 nitrogen and oxygen atoms in total. The van der Waals surface area contributed by atoms with E-state index in [9.17, 15) is 5.11 Å². The van der Waals surface area contributed by atoms with Gasteiger partial charge in [0.05, 0.1) is 5.60 Å². The maximum atomic E-state index is 10.7. The smallest absolute Gasteiger partial charge is 0.0960 e. The molecule has 1 N–H and O–H groups in total. The zero-order valence-corrected chi connectivity index (χ0v) is 10.5. The van der Waals surface area contributed by atoms with Crippen LogP contribution in [0.5, 0.6) is 0 Å². The maximum Gasteiger partial charge on any atom is 0.0960 e. The molecule has 0 amide bonds. The molecule has 2 saturated carbocycles. The number of aliphatic hydroxyl groups is 1. The molecule has 3 rings (SSSR count). The number of benzene rings is 1. The van der Waals surface area contributed by atoms with Crippen LogP contribution >= 0.6 is 11.8 Å². The molecular formula is C14H18OS. The molecule has 2 fully saturated rings. The first kappa shape index (κ1) is 10.7. The second-order valence-corrected chi connectivity index (χ2v) is 5.93. The number of hydrogen-bond acceptors (Lipinski definition) is 2. The Labute approximate surface area is 101 Å². The molecule has 2 aliphatic carbocycles. The Hall–Kier alpha value is -0.470. The van der Waals surface area contributed by atoms with E-state index in [0.29, 0.717) is 11.8 Å². The lowest BCUT2D eigenvalue weighted by atomic mass is 10.0. The summed E-state index contributed by atoms with van der Waals surface area (Å²) in [7, 11) is 0. The summed E-state index contributed by atoms with van der Waals surface area (Å²) in [5, 5.41) is 10.7. The van der Waals surface area contributed by atoms with Crippen LogP contribution in [0.15, 0.2) is 29.2 Å². The van der Waals surface area contributed by atoms with Gasteiger partial charge >= 0.3 is 0 Å². The predicted octanol–water partition coefficient (Wildman–Crippen LogP) is 3.42. The van der Waals surface area contributed by atoms with Crippen molar-refractivity contribution in [2.24, 2.45) is 11.8 Å². The van der Waals surface area contributed by atoms with E-state index in [0.717, 1.165) is 5.56 Å². The lowest BCUT2D eigenvalue weighted by Gasteiger charge is -2.11. The van der Waals surface area contributed by atoms with Crippen LogP contribution in [-0.2, 0) is 5.60 Å². The highest BCUT2D eigenvalue weighted by Crippen LogP contribution is 2.64. The van der Waals surface area contributed by atoms with Crippen LogP contribution in [0.4, 0.5) is 0 Å². The molecule has 1 aromatic carbocycles. The van der Waals surface area contributed by atoms with Crippen molar-refractivity contribution in [3.8, 4) is 0 Å². The average Bonchev–Trinajstić information content (AvgIpc) is 2.98. The van der Waals surface area contributed by atoms with Gasteiger partial charge in [0.1, 0.15) is 0 Å². The third kappa shape index (κ3) is 1.43. The summed E-state index contributed by atoms with van der Waals surface area (Å²) < 4.78 is 0. The predicted molar refractivity (Wildman–Crippen MR) is 67.6 cm³/mol. The average molecular weight is 234 g/mol. The summed E-state index contributed by atoms with van der Waals surface area (Å²) >= 11 is 1.75. The summed E-state index contributed by atoms with van der Waals surface area (Å²) in [5.74, 6) is 1.09. The van der Waals surface area contributed by atoms with Crippen molar-refractivity contribution in [2.45, 2.75) is 36.2 Å². The molecule has 0 heterocycles. The minimum absolute atomic E-state index is 0.479. The van der Waals surface area contributed by atoms with Gasteiger partial charge in [0.25, 0.3) is 0 Å². The fourth-order valence-electron chi connectivity index (χ4n) is 3.38. The third-order valence-electron chi connectivity index (χ3n) is 4.34. The molecule has 0 bridgehead atoms. The van der Waals surface area contributed by atoms with Crippen molar-refractivity contribution < 1.29 is 5.11 Å². The summed E-state index contributed by atoms with van der Waals surface area (Å²) in [6.07, 6.45) is 7.11. The summed E-state index contributed by atoms with van der Waals surface area (Å²) in [5.41, 5.74) is 0.662. The van der Waals surface area contributed by atoms with Gasteiger partial charge in [-0.05, 0) is 48.6 Å². The molecular weight excluding hydrogens is 216 g/mol. The van der Waals surface area contributed by atoms with Crippen LogP contribution in [0.3, 0.4) is 0 Å². The van der Waals surface area contributed by atoms with Gasteiger partial charge < -0.3 is 5.11 Å². The van der Waals surface area contributed by atoms with E-state index >= 15 is 0 Å². The quantitative estimate of drug-likeness (QED) is 0.791. The molecule has 16 heavy (non-hydrogen) atoms. The highest BCUT2D eigenvalue weighted by molar-refractivity contribution is 7.98. The third-order valence-corrected chi connectivity index (χ3v) is 5.08. The van der Waals surface area contributed by atoms with E-state index in [2.05, 4.69) is 30.5 Å². The van der Waals surface area contributed by atoms with Gasteiger partial charge in [-0.2, -0.15) is 0 Å². The molecule has 86 valence electrons.